The van der Waals surface area contributed by atoms with Gasteiger partial charge in [-0.3, -0.25) is 9.59 Å². The number of thiazole rings is 1. The maximum absolute atomic E-state index is 12.2. The number of hydrogen-bond acceptors (Lipinski definition) is 5. The minimum atomic E-state index is -0.235. The number of nitrogens with one attached hydrogen (secondary N) is 1. The van der Waals surface area contributed by atoms with Crippen LogP contribution in [0.2, 0.25) is 5.02 Å². The van der Waals surface area contributed by atoms with Gasteiger partial charge in [-0.25, -0.2) is 4.98 Å². The van der Waals surface area contributed by atoms with Crippen molar-refractivity contribution in [1.82, 2.24) is 15.2 Å². The zero-order valence-electron chi connectivity index (χ0n) is 13.0. The Hall–Kier alpha value is -2.12. The van der Waals surface area contributed by atoms with E-state index in [2.05, 4.69) is 10.3 Å². The predicted molar refractivity (Wildman–Crippen MR) is 91.5 cm³/mol. The van der Waals surface area contributed by atoms with Crippen LogP contribution in [0.25, 0.3) is 0 Å². The number of aromatic nitrogens is 1. The molecule has 0 atom stereocenters. The summed E-state index contributed by atoms with van der Waals surface area (Å²) in [6.07, 6.45) is 0. The highest BCUT2D eigenvalue weighted by Crippen LogP contribution is 2.26. The molecule has 0 radical (unpaired) electrons. The predicted octanol–water partition coefficient (Wildman–Crippen LogP) is 2.26. The minimum absolute atomic E-state index is 0.0200. The Labute approximate surface area is 148 Å². The van der Waals surface area contributed by atoms with Gasteiger partial charge in [0.2, 0.25) is 0 Å². The molecule has 1 aliphatic rings. The van der Waals surface area contributed by atoms with Crippen LogP contribution >= 0.6 is 22.9 Å². The lowest BCUT2D eigenvalue weighted by molar-refractivity contribution is -0.133. The van der Waals surface area contributed by atoms with Crippen molar-refractivity contribution in [3.63, 3.8) is 0 Å². The molecule has 2 heterocycles. The molecule has 6 nitrogen and oxygen atoms in total. The summed E-state index contributed by atoms with van der Waals surface area (Å²) in [4.78, 5) is 29.9. The van der Waals surface area contributed by atoms with E-state index in [-0.39, 0.29) is 18.4 Å². The highest BCUT2D eigenvalue weighted by Gasteiger charge is 2.21. The first-order valence-corrected chi connectivity index (χ1v) is 8.68. The molecule has 0 saturated carbocycles. The summed E-state index contributed by atoms with van der Waals surface area (Å²) in [5.41, 5.74) is 1.26. The van der Waals surface area contributed by atoms with Crippen molar-refractivity contribution < 1.29 is 14.3 Å². The molecule has 0 bridgehead atoms. The number of benzene rings is 1. The number of amides is 2. The van der Waals surface area contributed by atoms with Crippen LogP contribution in [0.1, 0.15) is 21.1 Å². The fourth-order valence-corrected chi connectivity index (χ4v) is 3.19. The van der Waals surface area contributed by atoms with E-state index in [0.717, 1.165) is 10.6 Å². The maximum atomic E-state index is 12.2. The smallest absolute Gasteiger partial charge is 0.270 e. The molecule has 0 fully saturated rings. The third-order valence-electron chi connectivity index (χ3n) is 3.61. The number of rotatable bonds is 4. The second-order valence-electron chi connectivity index (χ2n) is 5.36. The van der Waals surface area contributed by atoms with Crippen molar-refractivity contribution in [2.45, 2.75) is 13.5 Å². The largest absolute Gasteiger partial charge is 0.483 e. The van der Waals surface area contributed by atoms with Crippen molar-refractivity contribution in [2.75, 3.05) is 19.7 Å². The van der Waals surface area contributed by atoms with Crippen LogP contribution < -0.4 is 10.1 Å². The average Bonchev–Trinajstić information content (AvgIpc) is 2.92. The molecule has 2 aromatic rings. The van der Waals surface area contributed by atoms with Crippen molar-refractivity contribution in [1.29, 1.82) is 0 Å². The van der Waals surface area contributed by atoms with Gasteiger partial charge in [-0.1, -0.05) is 11.6 Å². The fraction of sp³-hybridized carbons (Fsp3) is 0.312. The van der Waals surface area contributed by atoms with E-state index in [1.54, 1.807) is 28.5 Å². The molecule has 0 spiro atoms. The lowest BCUT2D eigenvalue weighted by atomic mass is 10.2. The molecule has 8 heteroatoms. The second-order valence-corrected chi connectivity index (χ2v) is 6.86. The quantitative estimate of drug-likeness (QED) is 0.902. The summed E-state index contributed by atoms with van der Waals surface area (Å²) in [6.45, 7) is 2.97. The number of carbonyl (C=O) groups is 2. The third-order valence-corrected chi connectivity index (χ3v) is 4.62. The fourth-order valence-electron chi connectivity index (χ4n) is 2.40. The lowest BCUT2D eigenvalue weighted by Gasteiger charge is -2.20. The van der Waals surface area contributed by atoms with Gasteiger partial charge >= 0.3 is 0 Å². The molecule has 0 aliphatic carbocycles. The van der Waals surface area contributed by atoms with Gasteiger partial charge in [0.1, 0.15) is 11.4 Å². The van der Waals surface area contributed by atoms with Gasteiger partial charge in [-0.05, 0) is 25.1 Å². The Morgan fingerprint density at radius 1 is 1.50 bits per heavy atom. The Kier molecular flexibility index (Phi) is 5.01. The Balaban J connectivity index is 1.59. The van der Waals surface area contributed by atoms with Gasteiger partial charge in [-0.2, -0.15) is 0 Å². The minimum Gasteiger partial charge on any atom is -0.483 e. The van der Waals surface area contributed by atoms with E-state index in [1.807, 2.05) is 6.92 Å². The molecular weight excluding hydrogens is 350 g/mol. The number of carbonyl (C=O) groups excluding carboxylic acids is 2. The van der Waals surface area contributed by atoms with Crippen LogP contribution in [-0.2, 0) is 11.3 Å². The number of hydrogen-bond donors (Lipinski definition) is 1. The number of halogens is 1. The molecule has 1 aromatic carbocycles. The SMILES string of the molecule is Cc1nc(C(=O)NCCN2Cc3cc(Cl)ccc3OCC2=O)cs1. The molecule has 0 saturated heterocycles. The first kappa shape index (κ1) is 16.7. The first-order chi connectivity index (χ1) is 11.5. The molecule has 3 rings (SSSR count). The first-order valence-electron chi connectivity index (χ1n) is 7.42. The van der Waals surface area contributed by atoms with Gasteiger partial charge in [0.05, 0.1) is 5.01 Å². The van der Waals surface area contributed by atoms with Crippen LogP contribution in [0.4, 0.5) is 0 Å². The van der Waals surface area contributed by atoms with Crippen LogP contribution in [-0.4, -0.2) is 41.4 Å². The van der Waals surface area contributed by atoms with E-state index < -0.39 is 0 Å². The highest BCUT2D eigenvalue weighted by molar-refractivity contribution is 7.09. The van der Waals surface area contributed by atoms with Crippen molar-refractivity contribution in [2.24, 2.45) is 0 Å². The summed E-state index contributed by atoms with van der Waals surface area (Å²) in [5.74, 6) is 0.305. The van der Waals surface area contributed by atoms with Crippen molar-refractivity contribution >= 4 is 34.8 Å². The number of fused-ring (bicyclic) bond motifs is 1. The van der Waals surface area contributed by atoms with Gasteiger partial charge in [0.15, 0.2) is 6.61 Å². The topological polar surface area (TPSA) is 71.5 Å². The highest BCUT2D eigenvalue weighted by atomic mass is 35.5. The third kappa shape index (κ3) is 3.85. The summed E-state index contributed by atoms with van der Waals surface area (Å²) < 4.78 is 5.50. The van der Waals surface area contributed by atoms with E-state index in [1.165, 1.54) is 11.3 Å². The van der Waals surface area contributed by atoms with Crippen LogP contribution in [0, 0.1) is 6.92 Å². The molecule has 0 unspecified atom stereocenters. The zero-order valence-corrected chi connectivity index (χ0v) is 14.6. The standard InChI is InChI=1S/C16H16ClN3O3S/c1-10-19-13(9-24-10)16(22)18-4-5-20-7-11-6-12(17)2-3-14(11)23-8-15(20)21/h2-3,6,9H,4-5,7-8H2,1H3,(H,18,22). The molecule has 1 N–H and O–H groups in total. The summed E-state index contributed by atoms with van der Waals surface area (Å²) in [6, 6.07) is 5.29. The van der Waals surface area contributed by atoms with Crippen LogP contribution in [0.5, 0.6) is 5.75 Å². The average molecular weight is 366 g/mol. The van der Waals surface area contributed by atoms with Crippen LogP contribution in [0.15, 0.2) is 23.6 Å². The summed E-state index contributed by atoms with van der Waals surface area (Å²) >= 11 is 7.43. The molecule has 1 aliphatic heterocycles. The second kappa shape index (κ2) is 7.19. The van der Waals surface area contributed by atoms with Gasteiger partial charge in [0, 0.05) is 35.6 Å². The molecular formula is C16H16ClN3O3S. The zero-order chi connectivity index (χ0) is 17.1. The number of ether oxygens (including phenoxy) is 1. The van der Waals surface area contributed by atoms with Gasteiger partial charge < -0.3 is 15.0 Å². The molecule has 1 aromatic heterocycles. The van der Waals surface area contributed by atoms with Crippen molar-refractivity contribution in [3.8, 4) is 5.75 Å². The molecule has 24 heavy (non-hydrogen) atoms. The summed E-state index contributed by atoms with van der Waals surface area (Å²) in [5, 5.41) is 5.93. The van der Waals surface area contributed by atoms with Gasteiger partial charge in [-0.15, -0.1) is 11.3 Å². The van der Waals surface area contributed by atoms with E-state index in [4.69, 9.17) is 16.3 Å². The molecule has 2 amide bonds. The molecule has 126 valence electrons. The Morgan fingerprint density at radius 2 is 2.33 bits per heavy atom. The van der Waals surface area contributed by atoms with E-state index in [9.17, 15) is 9.59 Å². The lowest BCUT2D eigenvalue weighted by Crippen LogP contribution is -2.39. The Bertz CT molecular complexity index is 778. The summed E-state index contributed by atoms with van der Waals surface area (Å²) in [7, 11) is 0. The maximum Gasteiger partial charge on any atom is 0.270 e. The van der Waals surface area contributed by atoms with E-state index in [0.29, 0.717) is 36.1 Å². The number of nitrogens with zero attached hydrogens (tertiary/aromatic N) is 2. The normalized spacial score (nSPS) is 13.9. The Morgan fingerprint density at radius 3 is 3.08 bits per heavy atom. The van der Waals surface area contributed by atoms with Gasteiger partial charge in [0.25, 0.3) is 11.8 Å². The van der Waals surface area contributed by atoms with Crippen LogP contribution in [0.3, 0.4) is 0 Å². The monoisotopic (exact) mass is 365 g/mol. The number of aryl methyl sites for hydroxylation is 1. The van der Waals surface area contributed by atoms with E-state index >= 15 is 0 Å². The van der Waals surface area contributed by atoms with Crippen molar-refractivity contribution in [3.05, 3.63) is 44.9 Å².